The number of aromatic nitrogens is 3. The summed E-state index contributed by atoms with van der Waals surface area (Å²) in [5, 5.41) is 6.52. The molecule has 4 rings (SSSR count). The van der Waals surface area contributed by atoms with Gasteiger partial charge in [0.1, 0.15) is 11.4 Å². The summed E-state index contributed by atoms with van der Waals surface area (Å²) in [6, 6.07) is 4.25. The Bertz CT molecular complexity index is 810. The van der Waals surface area contributed by atoms with Gasteiger partial charge in [-0.15, -0.1) is 12.4 Å². The van der Waals surface area contributed by atoms with Crippen LogP contribution in [0.1, 0.15) is 41.7 Å². The predicted molar refractivity (Wildman–Crippen MR) is 107 cm³/mol. The normalized spacial score (nSPS) is 19.3. The molecular formula is C18H24ClN7O. The van der Waals surface area contributed by atoms with Crippen LogP contribution in [-0.2, 0) is 0 Å². The molecule has 1 aliphatic carbocycles. The Morgan fingerprint density at radius 2 is 2.11 bits per heavy atom. The number of primary amides is 1. The van der Waals surface area contributed by atoms with Gasteiger partial charge in [-0.25, -0.2) is 4.98 Å². The lowest BCUT2D eigenvalue weighted by Crippen LogP contribution is -2.50. The van der Waals surface area contributed by atoms with E-state index in [9.17, 15) is 4.79 Å². The number of nitrogens with two attached hydrogens (primary N) is 1. The van der Waals surface area contributed by atoms with E-state index in [4.69, 9.17) is 5.73 Å². The van der Waals surface area contributed by atoms with E-state index in [0.29, 0.717) is 17.7 Å². The van der Waals surface area contributed by atoms with Crippen molar-refractivity contribution in [2.75, 3.05) is 29.9 Å². The summed E-state index contributed by atoms with van der Waals surface area (Å²) < 4.78 is 0. The molecule has 0 radical (unpaired) electrons. The Morgan fingerprint density at radius 1 is 1.30 bits per heavy atom. The molecule has 1 amide bonds. The quantitative estimate of drug-likeness (QED) is 0.715. The average Bonchev–Trinajstić information content (AvgIpc) is 3.48. The van der Waals surface area contributed by atoms with Crippen molar-refractivity contribution in [3.63, 3.8) is 0 Å². The van der Waals surface area contributed by atoms with Crippen molar-refractivity contribution in [1.29, 1.82) is 0 Å². The summed E-state index contributed by atoms with van der Waals surface area (Å²) >= 11 is 0. The summed E-state index contributed by atoms with van der Waals surface area (Å²) in [7, 11) is 0. The highest BCUT2D eigenvalue weighted by molar-refractivity contribution is 5.98. The number of carbonyl (C=O) groups is 1. The second-order valence-electron chi connectivity index (χ2n) is 6.91. The summed E-state index contributed by atoms with van der Waals surface area (Å²) in [6.45, 7) is 4.68. The highest BCUT2D eigenvalue weighted by atomic mass is 35.5. The zero-order valence-electron chi connectivity index (χ0n) is 15.2. The molecule has 27 heavy (non-hydrogen) atoms. The van der Waals surface area contributed by atoms with Crippen LogP contribution in [0.2, 0.25) is 0 Å². The molecule has 1 aliphatic heterocycles. The lowest BCUT2D eigenvalue weighted by Gasteiger charge is -2.34. The number of piperazine rings is 1. The average molecular weight is 390 g/mol. The molecule has 144 valence electrons. The fraction of sp³-hybridized carbons (Fsp3) is 0.444. The second-order valence-corrected chi connectivity index (χ2v) is 6.91. The number of rotatable bonds is 5. The van der Waals surface area contributed by atoms with Gasteiger partial charge in [-0.05, 0) is 31.9 Å². The monoisotopic (exact) mass is 389 g/mol. The third-order valence-corrected chi connectivity index (χ3v) is 4.84. The second kappa shape index (κ2) is 8.06. The SMILES string of the molecule is CC1CNCCN1c1ncc(C(N)=O)c(Nc2ccc(C3CC3)nc2)n1.Cl. The van der Waals surface area contributed by atoms with E-state index in [1.54, 1.807) is 6.20 Å². The van der Waals surface area contributed by atoms with E-state index in [0.717, 1.165) is 31.0 Å². The van der Waals surface area contributed by atoms with Crippen LogP contribution in [-0.4, -0.2) is 46.5 Å². The maximum Gasteiger partial charge on any atom is 0.254 e. The van der Waals surface area contributed by atoms with Gasteiger partial charge >= 0.3 is 0 Å². The maximum absolute atomic E-state index is 11.8. The van der Waals surface area contributed by atoms with Crippen LogP contribution in [0.15, 0.2) is 24.5 Å². The van der Waals surface area contributed by atoms with Crippen LogP contribution >= 0.6 is 12.4 Å². The molecule has 9 heteroatoms. The molecular weight excluding hydrogens is 366 g/mol. The van der Waals surface area contributed by atoms with Crippen molar-refractivity contribution in [3.8, 4) is 0 Å². The minimum atomic E-state index is -0.560. The fourth-order valence-corrected chi connectivity index (χ4v) is 3.16. The number of anilines is 3. The van der Waals surface area contributed by atoms with Crippen molar-refractivity contribution < 1.29 is 4.79 Å². The molecule has 1 saturated heterocycles. The maximum atomic E-state index is 11.8. The van der Waals surface area contributed by atoms with Crippen LogP contribution in [0.4, 0.5) is 17.5 Å². The minimum Gasteiger partial charge on any atom is -0.365 e. The zero-order valence-corrected chi connectivity index (χ0v) is 16.0. The molecule has 2 aliphatic rings. The minimum absolute atomic E-state index is 0. The van der Waals surface area contributed by atoms with E-state index in [1.165, 1.54) is 19.0 Å². The highest BCUT2D eigenvalue weighted by Gasteiger charge is 2.25. The van der Waals surface area contributed by atoms with Gasteiger partial charge in [0.15, 0.2) is 0 Å². The van der Waals surface area contributed by atoms with Crippen molar-refractivity contribution >= 4 is 35.8 Å². The van der Waals surface area contributed by atoms with Crippen molar-refractivity contribution in [3.05, 3.63) is 35.8 Å². The number of nitrogens with zero attached hydrogens (tertiary/aromatic N) is 4. The smallest absolute Gasteiger partial charge is 0.254 e. The van der Waals surface area contributed by atoms with Crippen molar-refractivity contribution in [1.82, 2.24) is 20.3 Å². The first-order valence-electron chi connectivity index (χ1n) is 8.99. The standard InChI is InChI=1S/C18H23N7O.ClH/c1-11-8-20-6-7-25(11)18-22-10-14(16(19)26)17(24-18)23-13-4-5-15(21-9-13)12-2-3-12;/h4-5,9-12,20H,2-3,6-8H2,1H3,(H2,19,26)(H,22,23,24);1H. The third kappa shape index (κ3) is 4.28. The summed E-state index contributed by atoms with van der Waals surface area (Å²) in [4.78, 5) is 27.3. The predicted octanol–water partition coefficient (Wildman–Crippen LogP) is 1.81. The Balaban J connectivity index is 0.00000210. The molecule has 2 aromatic heterocycles. The topological polar surface area (TPSA) is 109 Å². The van der Waals surface area contributed by atoms with Gasteiger partial charge in [-0.1, -0.05) is 0 Å². The molecule has 0 spiro atoms. The molecule has 0 aromatic carbocycles. The van der Waals surface area contributed by atoms with Gasteiger partial charge in [0.2, 0.25) is 5.95 Å². The van der Waals surface area contributed by atoms with E-state index >= 15 is 0 Å². The first kappa shape index (κ1) is 19.3. The molecule has 1 unspecified atom stereocenters. The summed E-state index contributed by atoms with van der Waals surface area (Å²) in [5.41, 5.74) is 7.65. The van der Waals surface area contributed by atoms with Crippen LogP contribution in [0.3, 0.4) is 0 Å². The lowest BCUT2D eigenvalue weighted by atomic mass is 10.2. The van der Waals surface area contributed by atoms with Crippen molar-refractivity contribution in [2.24, 2.45) is 5.73 Å². The van der Waals surface area contributed by atoms with Gasteiger partial charge in [0, 0.05) is 43.5 Å². The van der Waals surface area contributed by atoms with E-state index in [1.807, 2.05) is 12.1 Å². The molecule has 1 atom stereocenters. The molecule has 2 aromatic rings. The van der Waals surface area contributed by atoms with Gasteiger partial charge in [0.05, 0.1) is 11.9 Å². The molecule has 0 bridgehead atoms. The van der Waals surface area contributed by atoms with E-state index < -0.39 is 5.91 Å². The van der Waals surface area contributed by atoms with Crippen LogP contribution in [0.5, 0.6) is 0 Å². The van der Waals surface area contributed by atoms with E-state index in [-0.39, 0.29) is 24.0 Å². The summed E-state index contributed by atoms with van der Waals surface area (Å²) in [5.74, 6) is 1.04. The van der Waals surface area contributed by atoms with Gasteiger partial charge < -0.3 is 21.3 Å². The number of pyridine rings is 1. The van der Waals surface area contributed by atoms with Gasteiger partial charge in [-0.3, -0.25) is 9.78 Å². The zero-order chi connectivity index (χ0) is 18.1. The number of hydrogen-bond donors (Lipinski definition) is 3. The van der Waals surface area contributed by atoms with Crippen LogP contribution < -0.4 is 21.3 Å². The van der Waals surface area contributed by atoms with Gasteiger partial charge in [0.25, 0.3) is 5.91 Å². The Morgan fingerprint density at radius 3 is 2.74 bits per heavy atom. The van der Waals surface area contributed by atoms with Gasteiger partial charge in [-0.2, -0.15) is 4.98 Å². The largest absolute Gasteiger partial charge is 0.365 e. The molecule has 3 heterocycles. The van der Waals surface area contributed by atoms with Crippen molar-refractivity contribution in [2.45, 2.75) is 31.7 Å². The number of hydrogen-bond acceptors (Lipinski definition) is 7. The first-order valence-corrected chi connectivity index (χ1v) is 8.99. The van der Waals surface area contributed by atoms with Crippen LogP contribution in [0.25, 0.3) is 0 Å². The number of nitrogens with one attached hydrogen (secondary N) is 2. The fourth-order valence-electron chi connectivity index (χ4n) is 3.16. The summed E-state index contributed by atoms with van der Waals surface area (Å²) in [6.07, 6.45) is 5.69. The Labute approximate surface area is 164 Å². The molecule has 8 nitrogen and oxygen atoms in total. The third-order valence-electron chi connectivity index (χ3n) is 4.84. The Hall–Kier alpha value is -2.45. The highest BCUT2D eigenvalue weighted by Crippen LogP contribution is 2.39. The Kier molecular flexibility index (Phi) is 5.76. The first-order chi connectivity index (χ1) is 12.6. The molecule has 2 fully saturated rings. The number of amides is 1. The van der Waals surface area contributed by atoms with Crippen LogP contribution in [0, 0.1) is 0 Å². The van der Waals surface area contributed by atoms with E-state index in [2.05, 4.69) is 37.4 Å². The molecule has 1 saturated carbocycles. The number of carbonyl (C=O) groups excluding carboxylic acids is 1. The lowest BCUT2D eigenvalue weighted by molar-refractivity contribution is 0.100. The molecule has 4 N–H and O–H groups in total. The number of halogens is 1.